The average Bonchev–Trinajstić information content (AvgIpc) is 3.07. The van der Waals surface area contributed by atoms with Gasteiger partial charge < -0.3 is 19.8 Å². The Morgan fingerprint density at radius 1 is 1.21 bits per heavy atom. The number of benzene rings is 1. The van der Waals surface area contributed by atoms with Gasteiger partial charge in [0.25, 0.3) is 5.89 Å². The van der Waals surface area contributed by atoms with Crippen molar-refractivity contribution in [2.75, 3.05) is 24.3 Å². The molecule has 8 nitrogen and oxygen atoms in total. The van der Waals surface area contributed by atoms with E-state index in [1.807, 2.05) is 0 Å². The van der Waals surface area contributed by atoms with Crippen molar-refractivity contribution in [1.29, 1.82) is 0 Å². The number of anilines is 3. The van der Waals surface area contributed by atoms with E-state index in [1.165, 1.54) is 13.2 Å². The third kappa shape index (κ3) is 4.36. The van der Waals surface area contributed by atoms with Gasteiger partial charge in [-0.05, 0) is 13.0 Å². The van der Waals surface area contributed by atoms with E-state index in [0.29, 0.717) is 6.20 Å². The molecule has 3 aromatic rings. The third-order valence-corrected chi connectivity index (χ3v) is 3.73. The highest BCUT2D eigenvalue weighted by Crippen LogP contribution is 2.36. The molecule has 0 aliphatic carbocycles. The van der Waals surface area contributed by atoms with Gasteiger partial charge in [-0.3, -0.25) is 0 Å². The highest BCUT2D eigenvalue weighted by Gasteiger charge is 2.35. The molecule has 0 bridgehead atoms. The summed E-state index contributed by atoms with van der Waals surface area (Å²) in [6.45, 7) is 3.41. The van der Waals surface area contributed by atoms with Gasteiger partial charge in [0.15, 0.2) is 0 Å². The molecule has 0 unspecified atom stereocenters. The molecule has 0 saturated heterocycles. The van der Waals surface area contributed by atoms with Gasteiger partial charge in [0.1, 0.15) is 22.9 Å². The Morgan fingerprint density at radius 2 is 1.97 bits per heavy atom. The molecule has 29 heavy (non-hydrogen) atoms. The van der Waals surface area contributed by atoms with Crippen LogP contribution in [0, 0.1) is 12.7 Å². The van der Waals surface area contributed by atoms with Gasteiger partial charge in [0.2, 0.25) is 11.8 Å². The standard InChI is InChI=1S/C17H16F4N6O2/c1-4-22-14-10(17(19,20)21)7-23-16(25-14)24-12-6-11(18)9(5-13(12)28-3)15-27-26-8(2)29-15/h5-7H,4H2,1-3H3,(H2,22,23,24,25). The summed E-state index contributed by atoms with van der Waals surface area (Å²) < 4.78 is 64.2. The number of nitrogens with one attached hydrogen (secondary N) is 2. The molecule has 0 spiro atoms. The van der Waals surface area contributed by atoms with E-state index in [2.05, 4.69) is 30.8 Å². The van der Waals surface area contributed by atoms with Crippen molar-refractivity contribution in [1.82, 2.24) is 20.2 Å². The molecule has 0 fully saturated rings. The zero-order chi connectivity index (χ0) is 21.2. The smallest absolute Gasteiger partial charge is 0.421 e. The van der Waals surface area contributed by atoms with Gasteiger partial charge in [-0.2, -0.15) is 18.2 Å². The Hall–Kier alpha value is -3.44. The van der Waals surface area contributed by atoms with Gasteiger partial charge in [-0.1, -0.05) is 0 Å². The molecule has 1 aromatic carbocycles. The van der Waals surface area contributed by atoms with Crippen LogP contribution in [0.1, 0.15) is 18.4 Å². The van der Waals surface area contributed by atoms with Crippen LogP contribution >= 0.6 is 0 Å². The van der Waals surface area contributed by atoms with E-state index in [0.717, 1.165) is 6.07 Å². The van der Waals surface area contributed by atoms with Crippen LogP contribution in [-0.2, 0) is 6.18 Å². The van der Waals surface area contributed by atoms with Crippen molar-refractivity contribution in [2.24, 2.45) is 0 Å². The van der Waals surface area contributed by atoms with Crippen LogP contribution in [0.4, 0.5) is 35.0 Å². The number of rotatable bonds is 6. The maximum Gasteiger partial charge on any atom is 0.421 e. The topological polar surface area (TPSA) is 98.0 Å². The fourth-order valence-corrected chi connectivity index (χ4v) is 2.46. The molecule has 0 aliphatic rings. The minimum Gasteiger partial charge on any atom is -0.495 e. The lowest BCUT2D eigenvalue weighted by Gasteiger charge is -2.15. The van der Waals surface area contributed by atoms with Crippen LogP contribution in [-0.4, -0.2) is 33.8 Å². The van der Waals surface area contributed by atoms with Crippen LogP contribution in [0.15, 0.2) is 22.7 Å². The first-order valence-electron chi connectivity index (χ1n) is 8.36. The second kappa shape index (κ2) is 7.89. The van der Waals surface area contributed by atoms with E-state index in [1.54, 1.807) is 13.8 Å². The average molecular weight is 412 g/mol. The molecule has 0 amide bonds. The van der Waals surface area contributed by atoms with Gasteiger partial charge in [0, 0.05) is 25.7 Å². The molecule has 0 radical (unpaired) electrons. The summed E-state index contributed by atoms with van der Waals surface area (Å²) in [7, 11) is 1.35. The van der Waals surface area contributed by atoms with Crippen molar-refractivity contribution >= 4 is 17.5 Å². The molecule has 12 heteroatoms. The highest BCUT2D eigenvalue weighted by atomic mass is 19.4. The lowest BCUT2D eigenvalue weighted by Crippen LogP contribution is -2.14. The number of aromatic nitrogens is 4. The number of hydrogen-bond acceptors (Lipinski definition) is 8. The Labute approximate surface area is 162 Å². The number of hydrogen-bond donors (Lipinski definition) is 2. The van der Waals surface area contributed by atoms with Crippen LogP contribution in [0.5, 0.6) is 5.75 Å². The number of methoxy groups -OCH3 is 1. The number of halogens is 4. The van der Waals surface area contributed by atoms with E-state index in [-0.39, 0.29) is 41.3 Å². The maximum absolute atomic E-state index is 14.6. The largest absolute Gasteiger partial charge is 0.495 e. The summed E-state index contributed by atoms with van der Waals surface area (Å²) in [5, 5.41) is 12.6. The Bertz CT molecular complexity index is 1020. The van der Waals surface area contributed by atoms with E-state index in [9.17, 15) is 17.6 Å². The highest BCUT2D eigenvalue weighted by molar-refractivity contribution is 5.70. The second-order valence-electron chi connectivity index (χ2n) is 5.77. The number of aryl methyl sites for hydroxylation is 1. The van der Waals surface area contributed by atoms with Crippen LogP contribution in [0.3, 0.4) is 0 Å². The lowest BCUT2D eigenvalue weighted by atomic mass is 10.1. The molecule has 2 heterocycles. The maximum atomic E-state index is 14.6. The molecular weight excluding hydrogens is 396 g/mol. The number of ether oxygens (including phenoxy) is 1. The first-order chi connectivity index (χ1) is 13.7. The fraction of sp³-hybridized carbons (Fsp3) is 0.294. The minimum absolute atomic E-state index is 0.00896. The lowest BCUT2D eigenvalue weighted by molar-refractivity contribution is -0.137. The predicted molar refractivity (Wildman–Crippen MR) is 95.5 cm³/mol. The monoisotopic (exact) mass is 412 g/mol. The van der Waals surface area contributed by atoms with Crippen molar-refractivity contribution in [3.05, 3.63) is 35.6 Å². The molecular formula is C17H16F4N6O2. The summed E-state index contributed by atoms with van der Waals surface area (Å²) in [5.74, 6) is -0.885. The summed E-state index contributed by atoms with van der Waals surface area (Å²) in [5.41, 5.74) is -0.896. The quantitative estimate of drug-likeness (QED) is 0.582. The van der Waals surface area contributed by atoms with Gasteiger partial charge in [-0.25, -0.2) is 9.37 Å². The van der Waals surface area contributed by atoms with Crippen LogP contribution < -0.4 is 15.4 Å². The van der Waals surface area contributed by atoms with Crippen molar-refractivity contribution < 1.29 is 26.7 Å². The second-order valence-corrected chi connectivity index (χ2v) is 5.77. The van der Waals surface area contributed by atoms with E-state index < -0.39 is 23.4 Å². The van der Waals surface area contributed by atoms with Crippen LogP contribution in [0.25, 0.3) is 11.5 Å². The van der Waals surface area contributed by atoms with E-state index in [4.69, 9.17) is 9.15 Å². The minimum atomic E-state index is -4.62. The van der Waals surface area contributed by atoms with Crippen molar-refractivity contribution in [3.63, 3.8) is 0 Å². The summed E-state index contributed by atoms with van der Waals surface area (Å²) >= 11 is 0. The van der Waals surface area contributed by atoms with Crippen LogP contribution in [0.2, 0.25) is 0 Å². The fourth-order valence-electron chi connectivity index (χ4n) is 2.46. The third-order valence-electron chi connectivity index (χ3n) is 3.73. The van der Waals surface area contributed by atoms with Gasteiger partial charge in [0.05, 0.1) is 18.4 Å². The van der Waals surface area contributed by atoms with E-state index >= 15 is 0 Å². The molecule has 2 N–H and O–H groups in total. The van der Waals surface area contributed by atoms with Crippen molar-refractivity contribution in [3.8, 4) is 17.2 Å². The zero-order valence-corrected chi connectivity index (χ0v) is 15.6. The molecule has 0 atom stereocenters. The first-order valence-corrected chi connectivity index (χ1v) is 8.36. The van der Waals surface area contributed by atoms with Crippen molar-refractivity contribution in [2.45, 2.75) is 20.0 Å². The molecule has 0 aliphatic heterocycles. The first kappa shape index (κ1) is 20.3. The Morgan fingerprint density at radius 3 is 2.55 bits per heavy atom. The SMILES string of the molecule is CCNc1nc(Nc2cc(F)c(-c3nnc(C)o3)cc2OC)ncc1C(F)(F)F. The molecule has 2 aromatic heterocycles. The normalized spacial score (nSPS) is 11.4. The number of alkyl halides is 3. The Kier molecular flexibility index (Phi) is 5.52. The summed E-state index contributed by atoms with van der Waals surface area (Å²) in [6.07, 6.45) is -3.98. The summed E-state index contributed by atoms with van der Waals surface area (Å²) in [6, 6.07) is 2.39. The number of nitrogens with zero attached hydrogens (tertiary/aromatic N) is 4. The van der Waals surface area contributed by atoms with Gasteiger partial charge in [-0.15, -0.1) is 10.2 Å². The molecule has 154 valence electrons. The Balaban J connectivity index is 1.97. The molecule has 0 saturated carbocycles. The van der Waals surface area contributed by atoms with Gasteiger partial charge >= 0.3 is 6.18 Å². The molecule has 3 rings (SSSR count). The summed E-state index contributed by atoms with van der Waals surface area (Å²) in [4.78, 5) is 7.51. The predicted octanol–water partition coefficient (Wildman–Crippen LogP) is 4.18. The zero-order valence-electron chi connectivity index (χ0n) is 15.6.